The molecule has 0 amide bonds. The number of aliphatic hydroxyl groups excluding tert-OH is 1. The topological polar surface area (TPSA) is 48.9 Å². The molecule has 1 aliphatic heterocycles. The summed E-state index contributed by atoms with van der Waals surface area (Å²) in [7, 11) is 0. The molecule has 9 heavy (non-hydrogen) atoms. The number of hydrogen-bond donors (Lipinski definition) is 3. The normalized spacial score (nSPS) is 28.3. The number of nitrogens with one attached hydrogen (secondary N) is 1. The Hall–Kier alpha value is -0.120. The van der Waals surface area contributed by atoms with Crippen molar-refractivity contribution >= 4 is 0 Å². The van der Waals surface area contributed by atoms with Crippen molar-refractivity contribution in [3.05, 3.63) is 0 Å². The van der Waals surface area contributed by atoms with Crippen LogP contribution in [-0.2, 0) is 0 Å². The Morgan fingerprint density at radius 2 is 2.56 bits per heavy atom. The SMILES string of the molecule is OCCC1C[NH2+]CCN1. The standard InChI is InChI=1S/C6H14N2O/c9-4-1-6-5-7-2-3-8-6/h6-9H,1-5H2/p+1. The molecule has 0 saturated carbocycles. The predicted molar refractivity (Wildman–Crippen MR) is 35.2 cm³/mol. The summed E-state index contributed by atoms with van der Waals surface area (Å²) < 4.78 is 0. The van der Waals surface area contributed by atoms with Crippen LogP contribution in [0.4, 0.5) is 0 Å². The van der Waals surface area contributed by atoms with Gasteiger partial charge in [-0.3, -0.25) is 0 Å². The maximum absolute atomic E-state index is 8.56. The highest BCUT2D eigenvalue weighted by atomic mass is 16.3. The quantitative estimate of drug-likeness (QED) is 0.402. The summed E-state index contributed by atoms with van der Waals surface area (Å²) in [5.74, 6) is 0. The molecule has 0 aromatic rings. The Labute approximate surface area is 55.5 Å². The van der Waals surface area contributed by atoms with Crippen LogP contribution >= 0.6 is 0 Å². The molecule has 3 nitrogen and oxygen atoms in total. The van der Waals surface area contributed by atoms with Crippen LogP contribution in [0.15, 0.2) is 0 Å². The van der Waals surface area contributed by atoms with Gasteiger partial charge in [0.1, 0.15) is 0 Å². The first kappa shape index (κ1) is 6.99. The monoisotopic (exact) mass is 131 g/mol. The van der Waals surface area contributed by atoms with Gasteiger partial charge in [-0.25, -0.2) is 0 Å². The molecule has 0 radical (unpaired) electrons. The number of quaternary nitrogens is 1. The smallest absolute Gasteiger partial charge is 0.0912 e. The molecule has 1 heterocycles. The molecular formula is C6H15N2O+. The van der Waals surface area contributed by atoms with E-state index >= 15 is 0 Å². The van der Waals surface area contributed by atoms with E-state index in [4.69, 9.17) is 5.11 Å². The van der Waals surface area contributed by atoms with E-state index in [9.17, 15) is 0 Å². The van der Waals surface area contributed by atoms with Gasteiger partial charge in [0, 0.05) is 13.2 Å². The van der Waals surface area contributed by atoms with Gasteiger partial charge in [-0.05, 0) is 6.42 Å². The second-order valence-corrected chi connectivity index (χ2v) is 2.48. The third-order valence-corrected chi connectivity index (χ3v) is 1.71. The molecule has 0 aliphatic carbocycles. The van der Waals surface area contributed by atoms with Crippen LogP contribution < -0.4 is 10.6 Å². The summed E-state index contributed by atoms with van der Waals surface area (Å²) in [4.78, 5) is 0. The minimum absolute atomic E-state index is 0.311. The highest BCUT2D eigenvalue weighted by molar-refractivity contribution is 4.65. The van der Waals surface area contributed by atoms with Gasteiger partial charge >= 0.3 is 0 Å². The minimum atomic E-state index is 0.311. The zero-order chi connectivity index (χ0) is 6.53. The Morgan fingerprint density at radius 1 is 1.67 bits per heavy atom. The Bertz CT molecular complexity index is 68.7. The van der Waals surface area contributed by atoms with Crippen molar-refractivity contribution in [2.75, 3.05) is 26.2 Å². The number of rotatable bonds is 2. The number of nitrogens with two attached hydrogens (primary N) is 1. The fraction of sp³-hybridized carbons (Fsp3) is 1.00. The second kappa shape index (κ2) is 3.82. The lowest BCUT2D eigenvalue weighted by atomic mass is 10.2. The van der Waals surface area contributed by atoms with Gasteiger partial charge in [0.15, 0.2) is 0 Å². The second-order valence-electron chi connectivity index (χ2n) is 2.48. The van der Waals surface area contributed by atoms with Crippen LogP contribution in [0.3, 0.4) is 0 Å². The zero-order valence-electron chi connectivity index (χ0n) is 5.64. The lowest BCUT2D eigenvalue weighted by Gasteiger charge is -2.20. The van der Waals surface area contributed by atoms with Gasteiger partial charge in [0.05, 0.1) is 19.1 Å². The van der Waals surface area contributed by atoms with E-state index < -0.39 is 0 Å². The van der Waals surface area contributed by atoms with Crippen molar-refractivity contribution in [2.24, 2.45) is 0 Å². The van der Waals surface area contributed by atoms with Crippen molar-refractivity contribution in [3.63, 3.8) is 0 Å². The average Bonchev–Trinajstić information content (AvgIpc) is 1.91. The number of aliphatic hydroxyl groups is 1. The average molecular weight is 131 g/mol. The van der Waals surface area contributed by atoms with Gasteiger partial charge in [0.2, 0.25) is 0 Å². The highest BCUT2D eigenvalue weighted by Gasteiger charge is 2.12. The third kappa shape index (κ3) is 2.30. The van der Waals surface area contributed by atoms with Crippen LogP contribution in [0.5, 0.6) is 0 Å². The molecule has 0 bridgehead atoms. The first-order chi connectivity index (χ1) is 4.43. The van der Waals surface area contributed by atoms with Crippen molar-refractivity contribution in [1.82, 2.24) is 5.32 Å². The highest BCUT2D eigenvalue weighted by Crippen LogP contribution is 1.87. The van der Waals surface area contributed by atoms with Gasteiger partial charge in [0.25, 0.3) is 0 Å². The fourth-order valence-electron chi connectivity index (χ4n) is 1.17. The van der Waals surface area contributed by atoms with Crippen molar-refractivity contribution in [2.45, 2.75) is 12.5 Å². The molecule has 0 aromatic heterocycles. The molecule has 1 rings (SSSR count). The van der Waals surface area contributed by atoms with Crippen molar-refractivity contribution in [1.29, 1.82) is 0 Å². The Balaban J connectivity index is 2.08. The van der Waals surface area contributed by atoms with E-state index in [0.29, 0.717) is 12.6 Å². The maximum atomic E-state index is 8.56. The van der Waals surface area contributed by atoms with Crippen LogP contribution in [0.2, 0.25) is 0 Å². The molecule has 1 fully saturated rings. The van der Waals surface area contributed by atoms with Gasteiger partial charge in [-0.2, -0.15) is 0 Å². The summed E-state index contributed by atoms with van der Waals surface area (Å²) in [5, 5.41) is 14.2. The first-order valence-electron chi connectivity index (χ1n) is 3.59. The molecule has 0 spiro atoms. The molecular weight excluding hydrogens is 116 g/mol. The maximum Gasteiger partial charge on any atom is 0.0912 e. The Morgan fingerprint density at radius 3 is 3.11 bits per heavy atom. The van der Waals surface area contributed by atoms with E-state index in [-0.39, 0.29) is 0 Å². The summed E-state index contributed by atoms with van der Waals surface area (Å²) >= 11 is 0. The fourth-order valence-corrected chi connectivity index (χ4v) is 1.17. The van der Waals surface area contributed by atoms with E-state index in [0.717, 1.165) is 19.5 Å². The van der Waals surface area contributed by atoms with Gasteiger partial charge in [-0.15, -0.1) is 0 Å². The van der Waals surface area contributed by atoms with Crippen LogP contribution in [0, 0.1) is 0 Å². The summed E-state index contributed by atoms with van der Waals surface area (Å²) in [6.45, 7) is 3.71. The first-order valence-corrected chi connectivity index (χ1v) is 3.59. The largest absolute Gasteiger partial charge is 0.396 e. The van der Waals surface area contributed by atoms with E-state index in [1.807, 2.05) is 0 Å². The van der Waals surface area contributed by atoms with Gasteiger partial charge < -0.3 is 15.7 Å². The predicted octanol–water partition coefficient (Wildman–Crippen LogP) is -2.10. The zero-order valence-corrected chi connectivity index (χ0v) is 5.64. The lowest BCUT2D eigenvalue weighted by Crippen LogP contribution is -2.91. The summed E-state index contributed by atoms with van der Waals surface area (Å²) in [6.07, 6.45) is 0.899. The number of piperazine rings is 1. The molecule has 4 N–H and O–H groups in total. The van der Waals surface area contributed by atoms with Gasteiger partial charge in [-0.1, -0.05) is 0 Å². The molecule has 3 heteroatoms. The lowest BCUT2D eigenvalue weighted by molar-refractivity contribution is -0.662. The van der Waals surface area contributed by atoms with E-state index in [1.165, 1.54) is 6.54 Å². The molecule has 54 valence electrons. The summed E-state index contributed by atoms with van der Waals surface area (Å²) in [5.41, 5.74) is 0. The number of hydrogen-bond acceptors (Lipinski definition) is 2. The Kier molecular flexibility index (Phi) is 2.97. The molecule has 1 atom stereocenters. The van der Waals surface area contributed by atoms with Crippen LogP contribution in [0.25, 0.3) is 0 Å². The van der Waals surface area contributed by atoms with Crippen molar-refractivity contribution in [3.8, 4) is 0 Å². The minimum Gasteiger partial charge on any atom is -0.396 e. The van der Waals surface area contributed by atoms with Crippen LogP contribution in [-0.4, -0.2) is 37.4 Å². The van der Waals surface area contributed by atoms with Crippen LogP contribution in [0.1, 0.15) is 6.42 Å². The molecule has 1 saturated heterocycles. The van der Waals surface area contributed by atoms with E-state index in [1.54, 1.807) is 0 Å². The van der Waals surface area contributed by atoms with E-state index in [2.05, 4.69) is 10.6 Å². The molecule has 0 aromatic carbocycles. The van der Waals surface area contributed by atoms with Crippen molar-refractivity contribution < 1.29 is 10.4 Å². The summed E-state index contributed by atoms with van der Waals surface area (Å²) in [6, 6.07) is 0.545. The molecule has 1 aliphatic rings. The third-order valence-electron chi connectivity index (χ3n) is 1.71. The molecule has 1 unspecified atom stereocenters.